The Morgan fingerprint density at radius 2 is 1.74 bits per heavy atom. The summed E-state index contributed by atoms with van der Waals surface area (Å²) in [6, 6.07) is -1.04. The van der Waals surface area contributed by atoms with Crippen molar-refractivity contribution in [2.75, 3.05) is 59.1 Å². The highest BCUT2D eigenvalue weighted by Gasteiger charge is 2.51. The molecule has 0 aliphatic carbocycles. The van der Waals surface area contributed by atoms with Crippen molar-refractivity contribution in [1.29, 1.82) is 0 Å². The van der Waals surface area contributed by atoms with E-state index < -0.39 is 82.1 Å². The van der Waals surface area contributed by atoms with E-state index in [4.69, 9.17) is 38.7 Å². The van der Waals surface area contributed by atoms with E-state index in [0.717, 1.165) is 7.11 Å². The molecule has 3 aromatic heterocycles. The van der Waals surface area contributed by atoms with Crippen LogP contribution in [0, 0.1) is 0 Å². The molecule has 7 unspecified atom stereocenters. The van der Waals surface area contributed by atoms with E-state index >= 15 is 0 Å². The molecule has 2 fully saturated rings. The van der Waals surface area contributed by atoms with Gasteiger partial charge in [-0.15, -0.1) is 5.10 Å². The van der Waals surface area contributed by atoms with Gasteiger partial charge in [-0.1, -0.05) is 5.21 Å². The number of anilines is 1. The fraction of sp³-hybridized carbons (Fsp3) is 0.714. The highest BCUT2D eigenvalue weighted by molar-refractivity contribution is 7.47. The fourth-order valence-corrected chi connectivity index (χ4v) is 6.30. The van der Waals surface area contributed by atoms with Crippen molar-refractivity contribution in [3.63, 3.8) is 0 Å². The number of phosphoric acid groups is 1. The van der Waals surface area contributed by atoms with Crippen LogP contribution in [0.25, 0.3) is 11.2 Å². The molecule has 8 N–H and O–H groups in total. The van der Waals surface area contributed by atoms with Gasteiger partial charge < -0.3 is 64.8 Å². The molecule has 5 rings (SSSR count). The maximum absolute atomic E-state index is 12.4. The minimum Gasteiger partial charge on any atom is -0.394 e. The lowest BCUT2D eigenvalue weighted by atomic mass is 9.97. The molecule has 2 aliphatic heterocycles. The zero-order valence-electron chi connectivity index (χ0n) is 28.8. The predicted octanol–water partition coefficient (Wildman–Crippen LogP) is -3.40. The summed E-state index contributed by atoms with van der Waals surface area (Å²) in [5.74, 6) is -0.332. The molecule has 3 aromatic rings. The second-order valence-corrected chi connectivity index (χ2v) is 13.3. The van der Waals surface area contributed by atoms with Crippen LogP contribution in [0.1, 0.15) is 18.8 Å². The van der Waals surface area contributed by atoms with Crippen LogP contribution in [0.2, 0.25) is 0 Å². The molecular weight excluding hydrogens is 733 g/mol. The molecule has 24 nitrogen and oxygen atoms in total. The summed E-state index contributed by atoms with van der Waals surface area (Å²) in [4.78, 5) is 34.0. The number of nitrogen functional groups attached to an aromatic ring is 1. The van der Waals surface area contributed by atoms with Gasteiger partial charge in [-0.25, -0.2) is 24.2 Å². The first-order valence-corrected chi connectivity index (χ1v) is 17.9. The van der Waals surface area contributed by atoms with Crippen molar-refractivity contribution in [3.05, 3.63) is 24.5 Å². The van der Waals surface area contributed by atoms with Gasteiger partial charge in [-0.3, -0.25) is 18.4 Å². The molecule has 0 spiro atoms. The molecule has 25 heteroatoms. The van der Waals surface area contributed by atoms with Gasteiger partial charge in [0.1, 0.15) is 60.2 Å². The molecule has 5 heterocycles. The van der Waals surface area contributed by atoms with Crippen LogP contribution >= 0.6 is 7.82 Å². The van der Waals surface area contributed by atoms with Gasteiger partial charge in [-0.05, 0) is 0 Å². The predicted molar refractivity (Wildman–Crippen MR) is 174 cm³/mol. The number of rotatable bonds is 20. The van der Waals surface area contributed by atoms with Crippen molar-refractivity contribution in [2.24, 2.45) is 0 Å². The number of fused-ring (bicyclic) bond motifs is 1. The van der Waals surface area contributed by atoms with Gasteiger partial charge >= 0.3 is 7.82 Å². The van der Waals surface area contributed by atoms with Crippen molar-refractivity contribution >= 4 is 30.7 Å². The molecular formula is C28H44N9O15P. The van der Waals surface area contributed by atoms with E-state index in [-0.39, 0.29) is 45.5 Å². The molecule has 10 atom stereocenters. The van der Waals surface area contributed by atoms with Crippen LogP contribution in [-0.4, -0.2) is 168 Å². The van der Waals surface area contributed by atoms with Crippen LogP contribution in [0.5, 0.6) is 0 Å². The first-order valence-electron chi connectivity index (χ1n) is 16.4. The Labute approximate surface area is 301 Å². The lowest BCUT2D eigenvalue weighted by Crippen LogP contribution is -2.64. The number of nitrogens with one attached hydrogen (secondary N) is 1. The molecule has 0 aromatic carbocycles. The Bertz CT molecular complexity index is 1670. The largest absolute Gasteiger partial charge is 0.472 e. The molecule has 2 aliphatic rings. The first kappa shape index (κ1) is 40.8. The van der Waals surface area contributed by atoms with Crippen molar-refractivity contribution in [2.45, 2.75) is 75.3 Å². The molecule has 296 valence electrons. The third-order valence-electron chi connectivity index (χ3n) is 8.22. The van der Waals surface area contributed by atoms with E-state index in [0.29, 0.717) is 23.4 Å². The molecule has 0 saturated carbocycles. The van der Waals surface area contributed by atoms with E-state index in [2.05, 4.69) is 35.1 Å². The summed E-state index contributed by atoms with van der Waals surface area (Å²) in [7, 11) is -3.55. The molecule has 0 bridgehead atoms. The number of aliphatic hydroxyl groups is 4. The fourth-order valence-electron chi connectivity index (χ4n) is 5.65. The smallest absolute Gasteiger partial charge is 0.394 e. The number of aromatic nitrogens is 7. The van der Waals surface area contributed by atoms with Crippen molar-refractivity contribution in [1.82, 2.24) is 39.8 Å². The average Bonchev–Trinajstić information content (AvgIpc) is 3.86. The quantitative estimate of drug-likeness (QED) is 0.0434. The summed E-state index contributed by atoms with van der Waals surface area (Å²) in [5, 5.41) is 50.5. The van der Waals surface area contributed by atoms with Crippen LogP contribution in [0.4, 0.5) is 5.82 Å². The summed E-state index contributed by atoms with van der Waals surface area (Å²) < 4.78 is 59.7. The molecule has 1 amide bonds. The van der Waals surface area contributed by atoms with Crippen molar-refractivity contribution < 1.29 is 72.1 Å². The number of aliphatic hydroxyl groups excluding tert-OH is 4. The highest BCUT2D eigenvalue weighted by Crippen LogP contribution is 2.48. The van der Waals surface area contributed by atoms with Gasteiger partial charge in [0.15, 0.2) is 24.0 Å². The number of amides is 1. The zero-order chi connectivity index (χ0) is 38.1. The second kappa shape index (κ2) is 18.8. The zero-order valence-corrected chi connectivity index (χ0v) is 29.7. The number of phosphoric ester groups is 1. The summed E-state index contributed by atoms with van der Waals surface area (Å²) >= 11 is 0. The number of carbonyl (C=O) groups excluding carboxylic acids is 1. The minimum absolute atomic E-state index is 0.0282. The van der Waals surface area contributed by atoms with Gasteiger partial charge in [0.25, 0.3) is 0 Å². The van der Waals surface area contributed by atoms with E-state index in [1.54, 1.807) is 6.20 Å². The normalized spacial score (nSPS) is 28.7. The van der Waals surface area contributed by atoms with E-state index in [1.807, 2.05) is 0 Å². The SMILES string of the molecule is COP(=O)(O)O[C@@H]1C(OCc2cn(CCOCCOCCOC3OC(CO)C(O)C(O)C3NC(C)=O)nn2)[C@H](n2cnc3c(N)ncnc32)O[C@@H]1CO. The molecule has 53 heavy (non-hydrogen) atoms. The van der Waals surface area contributed by atoms with Crippen LogP contribution < -0.4 is 11.1 Å². The van der Waals surface area contributed by atoms with Gasteiger partial charge in [0.05, 0.1) is 71.9 Å². The number of hydrogen-bond acceptors (Lipinski definition) is 20. The lowest BCUT2D eigenvalue weighted by Gasteiger charge is -2.42. The number of nitrogens with two attached hydrogens (primary N) is 1. The van der Waals surface area contributed by atoms with Gasteiger partial charge in [-0.2, -0.15) is 0 Å². The number of ether oxygens (including phenoxy) is 6. The Hall–Kier alpha value is -3.33. The third-order valence-corrected chi connectivity index (χ3v) is 9.19. The second-order valence-electron chi connectivity index (χ2n) is 11.8. The third kappa shape index (κ3) is 10.3. The number of nitrogens with zero attached hydrogens (tertiary/aromatic N) is 7. The Morgan fingerprint density at radius 1 is 1.00 bits per heavy atom. The maximum atomic E-state index is 12.4. The van der Waals surface area contributed by atoms with Gasteiger partial charge in [0.2, 0.25) is 5.91 Å². The first-order chi connectivity index (χ1) is 25.5. The van der Waals surface area contributed by atoms with Crippen LogP contribution in [-0.2, 0) is 60.0 Å². The summed E-state index contributed by atoms with van der Waals surface area (Å²) in [6.45, 7) is 1.18. The van der Waals surface area contributed by atoms with E-state index in [9.17, 15) is 34.7 Å². The monoisotopic (exact) mass is 777 g/mol. The Balaban J connectivity index is 1.07. The maximum Gasteiger partial charge on any atom is 0.472 e. The van der Waals surface area contributed by atoms with E-state index in [1.165, 1.54) is 28.8 Å². The average molecular weight is 778 g/mol. The van der Waals surface area contributed by atoms with Crippen LogP contribution in [0.3, 0.4) is 0 Å². The number of carbonyl (C=O) groups is 1. The van der Waals surface area contributed by atoms with Crippen molar-refractivity contribution in [3.8, 4) is 0 Å². The number of imidazole rings is 1. The Morgan fingerprint density at radius 3 is 2.45 bits per heavy atom. The van der Waals surface area contributed by atoms with Crippen LogP contribution in [0.15, 0.2) is 18.9 Å². The lowest BCUT2D eigenvalue weighted by molar-refractivity contribution is -0.272. The Kier molecular flexibility index (Phi) is 14.5. The minimum atomic E-state index is -4.55. The number of hydrogen-bond donors (Lipinski definition) is 7. The molecule has 0 radical (unpaired) electrons. The topological polar surface area (TPSA) is 321 Å². The standard InChI is InChI=1S/C28H44N9O15P/c1-15(40)33-19-22(42)21(41)17(10-38)51-28(19)48-8-7-47-6-5-46-4-3-36-9-16(34-35-36)12-49-24-23(52-53(43,44)45-2)18(11-39)50-27(24)37-14-32-20-25(29)30-13-31-26(20)37/h9,13-14,17-19,21-24,27-28,38-39,41-42H,3-8,10-12H2,1-2H3,(H,33,40)(H,43,44)(H2,29,30,31)/t17?,18-,19?,21?,22?,23+,24?,27-,28?/m1/s1. The summed E-state index contributed by atoms with van der Waals surface area (Å²) in [5.41, 5.74) is 6.91. The van der Waals surface area contributed by atoms with Gasteiger partial charge in [0, 0.05) is 14.0 Å². The summed E-state index contributed by atoms with van der Waals surface area (Å²) in [6.07, 6.45) is -5.26. The molecule has 2 saturated heterocycles. The highest BCUT2D eigenvalue weighted by atomic mass is 31.2.